The lowest BCUT2D eigenvalue weighted by atomic mass is 9.95. The number of hydrogen-bond acceptors (Lipinski definition) is 4. The minimum atomic E-state index is -0.235. The van der Waals surface area contributed by atoms with Gasteiger partial charge in [0.05, 0.1) is 19.1 Å². The number of nitrogens with one attached hydrogen (secondary N) is 2. The van der Waals surface area contributed by atoms with Crippen molar-refractivity contribution in [2.24, 2.45) is 0 Å². The van der Waals surface area contributed by atoms with Crippen molar-refractivity contribution in [1.82, 2.24) is 10.3 Å². The van der Waals surface area contributed by atoms with E-state index >= 15 is 0 Å². The second-order valence-corrected chi connectivity index (χ2v) is 10.5. The van der Waals surface area contributed by atoms with Crippen molar-refractivity contribution >= 4 is 28.5 Å². The molecule has 208 valence electrons. The van der Waals surface area contributed by atoms with Crippen LogP contribution in [0.2, 0.25) is 0 Å². The number of amides is 1. The third kappa shape index (κ3) is 6.74. The van der Waals surface area contributed by atoms with E-state index in [1.165, 1.54) is 24.9 Å². The molecule has 0 saturated carbocycles. The number of nitrogens with zero attached hydrogens (tertiary/aromatic N) is 1. The SMILES string of the molecule is CCOC(=O)CCCc1c[nH]c2ccc(CC(=O)NC(c3ccccc3)c3ccccc3N3CCCCC3)cc12. The smallest absolute Gasteiger partial charge is 0.305 e. The van der Waals surface area contributed by atoms with Crippen LogP contribution < -0.4 is 10.2 Å². The first-order valence-corrected chi connectivity index (χ1v) is 14.5. The molecule has 1 saturated heterocycles. The van der Waals surface area contributed by atoms with E-state index in [1.807, 2.05) is 43.5 Å². The van der Waals surface area contributed by atoms with Gasteiger partial charge in [-0.05, 0) is 73.9 Å². The highest BCUT2D eigenvalue weighted by atomic mass is 16.5. The number of carbonyl (C=O) groups is 2. The molecule has 1 aliphatic heterocycles. The Morgan fingerprint density at radius 3 is 2.55 bits per heavy atom. The molecule has 1 atom stereocenters. The number of carbonyl (C=O) groups excluding carboxylic acids is 2. The van der Waals surface area contributed by atoms with Crippen LogP contribution in [0.4, 0.5) is 5.69 Å². The molecule has 1 aromatic heterocycles. The topological polar surface area (TPSA) is 74.4 Å². The Morgan fingerprint density at radius 1 is 0.975 bits per heavy atom. The monoisotopic (exact) mass is 537 g/mol. The van der Waals surface area contributed by atoms with E-state index in [4.69, 9.17) is 4.74 Å². The lowest BCUT2D eigenvalue weighted by molar-refractivity contribution is -0.143. The third-order valence-electron chi connectivity index (χ3n) is 7.71. The van der Waals surface area contributed by atoms with Gasteiger partial charge in [-0.15, -0.1) is 0 Å². The van der Waals surface area contributed by atoms with E-state index in [9.17, 15) is 9.59 Å². The molecule has 1 unspecified atom stereocenters. The summed E-state index contributed by atoms with van der Waals surface area (Å²) in [6.45, 7) is 4.33. The summed E-state index contributed by atoms with van der Waals surface area (Å²) < 4.78 is 5.06. The standard InChI is InChI=1S/C34H39N3O3/c1-2-40-33(39)17-11-14-27-24-35-30-19-18-25(22-29(27)30)23-32(38)36-34(26-12-5-3-6-13-26)28-15-7-8-16-31(28)37-20-9-4-10-21-37/h3,5-8,12-13,15-16,18-19,22,24,34-35H,2,4,9-11,14,17,20-21,23H2,1H3,(H,36,38). The molecule has 2 heterocycles. The maximum atomic E-state index is 13.5. The molecule has 0 spiro atoms. The van der Waals surface area contributed by atoms with Crippen LogP contribution >= 0.6 is 0 Å². The van der Waals surface area contributed by atoms with Crippen LogP contribution in [0.15, 0.2) is 79.0 Å². The van der Waals surface area contributed by atoms with Gasteiger partial charge in [0, 0.05) is 47.9 Å². The predicted octanol–water partition coefficient (Wildman–Crippen LogP) is 6.49. The van der Waals surface area contributed by atoms with Crippen LogP contribution in [0, 0.1) is 0 Å². The van der Waals surface area contributed by atoms with Crippen LogP contribution in [-0.4, -0.2) is 36.6 Å². The highest BCUT2D eigenvalue weighted by Gasteiger charge is 2.23. The maximum Gasteiger partial charge on any atom is 0.305 e. The molecule has 6 heteroatoms. The molecule has 1 aliphatic rings. The van der Waals surface area contributed by atoms with Gasteiger partial charge in [0.25, 0.3) is 0 Å². The molecule has 0 radical (unpaired) electrons. The van der Waals surface area contributed by atoms with Crippen LogP contribution in [0.5, 0.6) is 0 Å². The summed E-state index contributed by atoms with van der Waals surface area (Å²) >= 11 is 0. The molecule has 5 rings (SSSR count). The number of aromatic amines is 1. The van der Waals surface area contributed by atoms with Gasteiger partial charge in [-0.2, -0.15) is 0 Å². The molecular weight excluding hydrogens is 498 g/mol. The molecule has 2 N–H and O–H groups in total. The minimum Gasteiger partial charge on any atom is -0.466 e. The summed E-state index contributed by atoms with van der Waals surface area (Å²) in [7, 11) is 0. The van der Waals surface area contributed by atoms with E-state index in [0.29, 0.717) is 19.4 Å². The molecule has 0 aliphatic carbocycles. The Kier molecular flexibility index (Phi) is 9.17. The van der Waals surface area contributed by atoms with Crippen LogP contribution in [0.1, 0.15) is 67.3 Å². The van der Waals surface area contributed by atoms with E-state index in [1.54, 1.807) is 0 Å². The van der Waals surface area contributed by atoms with Gasteiger partial charge in [0.1, 0.15) is 0 Å². The average molecular weight is 538 g/mol. The second kappa shape index (κ2) is 13.3. The van der Waals surface area contributed by atoms with Gasteiger partial charge in [0.15, 0.2) is 0 Å². The number of H-pyrrole nitrogens is 1. The normalized spacial score (nSPS) is 14.2. The first-order chi connectivity index (χ1) is 19.6. The average Bonchev–Trinajstić information content (AvgIpc) is 3.39. The van der Waals surface area contributed by atoms with Crippen LogP contribution in [0.25, 0.3) is 10.9 Å². The fraction of sp³-hybridized carbons (Fsp3) is 0.353. The molecule has 3 aromatic carbocycles. The van der Waals surface area contributed by atoms with Crippen molar-refractivity contribution in [3.8, 4) is 0 Å². The fourth-order valence-corrected chi connectivity index (χ4v) is 5.74. The number of anilines is 1. The minimum absolute atomic E-state index is 0.0129. The number of fused-ring (bicyclic) bond motifs is 1. The molecule has 1 fully saturated rings. The molecular formula is C34H39N3O3. The summed E-state index contributed by atoms with van der Waals surface area (Å²) in [4.78, 5) is 31.1. The van der Waals surface area contributed by atoms with Gasteiger partial charge >= 0.3 is 5.97 Å². The lowest BCUT2D eigenvalue weighted by Crippen LogP contribution is -2.34. The summed E-state index contributed by atoms with van der Waals surface area (Å²) in [6, 6.07) is 24.7. The number of aromatic nitrogens is 1. The van der Waals surface area contributed by atoms with E-state index < -0.39 is 0 Å². The molecule has 4 aromatic rings. The number of benzene rings is 3. The van der Waals surface area contributed by atoms with Gasteiger partial charge < -0.3 is 19.9 Å². The van der Waals surface area contributed by atoms with Gasteiger partial charge in [-0.1, -0.05) is 54.6 Å². The molecule has 0 bridgehead atoms. The fourth-order valence-electron chi connectivity index (χ4n) is 5.74. The van der Waals surface area contributed by atoms with Crippen molar-refractivity contribution < 1.29 is 14.3 Å². The van der Waals surface area contributed by atoms with Crippen LogP contribution in [0.3, 0.4) is 0 Å². The summed E-state index contributed by atoms with van der Waals surface area (Å²) in [5.41, 5.74) is 6.57. The zero-order valence-corrected chi connectivity index (χ0v) is 23.3. The summed E-state index contributed by atoms with van der Waals surface area (Å²) in [5.74, 6) is -0.171. The van der Waals surface area contributed by atoms with Crippen molar-refractivity contribution in [1.29, 1.82) is 0 Å². The Bertz CT molecular complexity index is 1420. The van der Waals surface area contributed by atoms with Gasteiger partial charge in [0.2, 0.25) is 5.91 Å². The largest absolute Gasteiger partial charge is 0.466 e. The van der Waals surface area contributed by atoms with E-state index in [-0.39, 0.29) is 17.9 Å². The first kappa shape index (κ1) is 27.5. The Balaban J connectivity index is 1.34. The Labute approximate surface area is 236 Å². The van der Waals surface area contributed by atoms with Gasteiger partial charge in [-0.3, -0.25) is 9.59 Å². The lowest BCUT2D eigenvalue weighted by Gasteiger charge is -2.33. The van der Waals surface area contributed by atoms with Gasteiger partial charge in [-0.25, -0.2) is 0 Å². The van der Waals surface area contributed by atoms with Crippen molar-refractivity contribution in [2.75, 3.05) is 24.6 Å². The van der Waals surface area contributed by atoms with Crippen molar-refractivity contribution in [3.05, 3.63) is 101 Å². The quantitative estimate of drug-likeness (QED) is 0.214. The number of ether oxygens (including phenoxy) is 1. The third-order valence-corrected chi connectivity index (χ3v) is 7.71. The predicted molar refractivity (Wildman–Crippen MR) is 161 cm³/mol. The molecule has 6 nitrogen and oxygen atoms in total. The number of aryl methyl sites for hydroxylation is 1. The van der Waals surface area contributed by atoms with E-state index in [2.05, 4.69) is 57.7 Å². The van der Waals surface area contributed by atoms with Crippen molar-refractivity contribution in [2.45, 2.75) is 57.9 Å². The highest BCUT2D eigenvalue weighted by Crippen LogP contribution is 2.32. The number of hydrogen-bond donors (Lipinski definition) is 2. The first-order valence-electron chi connectivity index (χ1n) is 14.5. The number of esters is 1. The zero-order chi connectivity index (χ0) is 27.7. The number of rotatable bonds is 11. The molecule has 1 amide bonds. The Hall–Kier alpha value is -4.06. The van der Waals surface area contributed by atoms with E-state index in [0.717, 1.165) is 59.1 Å². The summed E-state index contributed by atoms with van der Waals surface area (Å²) in [6.07, 6.45) is 7.87. The second-order valence-electron chi connectivity index (χ2n) is 10.5. The van der Waals surface area contributed by atoms with Crippen LogP contribution in [-0.2, 0) is 27.2 Å². The maximum absolute atomic E-state index is 13.5. The highest BCUT2D eigenvalue weighted by molar-refractivity contribution is 5.86. The van der Waals surface area contributed by atoms with Crippen molar-refractivity contribution in [3.63, 3.8) is 0 Å². The summed E-state index contributed by atoms with van der Waals surface area (Å²) in [5, 5.41) is 4.47. The Morgan fingerprint density at radius 2 is 1.75 bits per heavy atom. The molecule has 40 heavy (non-hydrogen) atoms. The number of para-hydroxylation sites is 1. The number of piperidine rings is 1. The zero-order valence-electron chi connectivity index (χ0n) is 23.3.